The lowest BCUT2D eigenvalue weighted by molar-refractivity contribution is 0.199. The summed E-state index contributed by atoms with van der Waals surface area (Å²) in [6, 6.07) is 7.64. The number of aliphatic hydroxyl groups is 1. The summed E-state index contributed by atoms with van der Waals surface area (Å²) in [5, 5.41) is 16.8. The number of aryl methyl sites for hydroxylation is 1. The van der Waals surface area contributed by atoms with Crippen molar-refractivity contribution in [2.75, 3.05) is 0 Å². The maximum Gasteiger partial charge on any atom is 0.0827 e. The minimum atomic E-state index is -0.592. The van der Waals surface area contributed by atoms with Crippen LogP contribution in [0.1, 0.15) is 24.3 Å². The molecule has 2 N–H and O–H groups in total. The van der Waals surface area contributed by atoms with Crippen LogP contribution in [0.2, 0.25) is 0 Å². The van der Waals surface area contributed by atoms with Gasteiger partial charge in [0.2, 0.25) is 0 Å². The van der Waals surface area contributed by atoms with Crippen molar-refractivity contribution in [2.24, 2.45) is 0 Å². The van der Waals surface area contributed by atoms with E-state index in [0.717, 1.165) is 33.8 Å². The molecular weight excluding hydrogens is 264 g/mol. The number of rotatable bonds is 3. The first-order chi connectivity index (χ1) is 10.2. The number of aromatic amines is 1. The number of pyridine rings is 2. The van der Waals surface area contributed by atoms with Crippen LogP contribution in [0, 0.1) is 6.92 Å². The first-order valence-electron chi connectivity index (χ1n) is 6.77. The summed E-state index contributed by atoms with van der Waals surface area (Å²) in [6.07, 6.45) is 4.67. The normalized spacial score (nSPS) is 12.3. The van der Waals surface area contributed by atoms with Crippen LogP contribution in [0.15, 0.2) is 42.9 Å². The lowest BCUT2D eigenvalue weighted by Crippen LogP contribution is -2.01. The summed E-state index contributed by atoms with van der Waals surface area (Å²) in [5.74, 6) is 0. The van der Waals surface area contributed by atoms with Gasteiger partial charge >= 0.3 is 0 Å². The van der Waals surface area contributed by atoms with E-state index in [2.05, 4.69) is 20.2 Å². The van der Waals surface area contributed by atoms with Gasteiger partial charge in [0.25, 0.3) is 0 Å². The number of aliphatic hydroxyl groups excluding tert-OH is 1. The van der Waals surface area contributed by atoms with Crippen LogP contribution < -0.4 is 0 Å². The third-order valence-electron chi connectivity index (χ3n) is 3.35. The molecule has 0 saturated heterocycles. The van der Waals surface area contributed by atoms with Gasteiger partial charge in [0.05, 0.1) is 23.7 Å². The zero-order chi connectivity index (χ0) is 14.8. The van der Waals surface area contributed by atoms with Crippen molar-refractivity contribution in [2.45, 2.75) is 20.0 Å². The van der Waals surface area contributed by atoms with Crippen LogP contribution in [0.25, 0.3) is 22.5 Å². The zero-order valence-corrected chi connectivity index (χ0v) is 11.9. The standard InChI is InChI=1S/C16H16N4O/c1-10-5-6-13(11(2)21)16(20-10)14-4-3-7-17-15(14)12-8-18-19-9-12/h3-9,11,21H,1-2H3,(H,18,19). The number of hydrogen-bond acceptors (Lipinski definition) is 4. The van der Waals surface area contributed by atoms with Crippen molar-refractivity contribution >= 4 is 0 Å². The molecule has 3 aromatic rings. The van der Waals surface area contributed by atoms with Crippen LogP contribution in [0.5, 0.6) is 0 Å². The van der Waals surface area contributed by atoms with E-state index in [0.29, 0.717) is 0 Å². The van der Waals surface area contributed by atoms with Crippen LogP contribution in [-0.4, -0.2) is 25.3 Å². The predicted octanol–water partition coefficient (Wildman–Crippen LogP) is 2.90. The lowest BCUT2D eigenvalue weighted by atomic mass is 9.99. The molecule has 3 heterocycles. The molecule has 3 aromatic heterocycles. The van der Waals surface area contributed by atoms with Gasteiger partial charge in [-0.15, -0.1) is 0 Å². The van der Waals surface area contributed by atoms with E-state index in [9.17, 15) is 5.11 Å². The minimum absolute atomic E-state index is 0.592. The number of nitrogens with zero attached hydrogens (tertiary/aromatic N) is 3. The highest BCUT2D eigenvalue weighted by Crippen LogP contribution is 2.33. The fourth-order valence-corrected chi connectivity index (χ4v) is 2.33. The van der Waals surface area contributed by atoms with Gasteiger partial charge in [-0.25, -0.2) is 0 Å². The van der Waals surface area contributed by atoms with Crippen LogP contribution >= 0.6 is 0 Å². The molecule has 0 aliphatic heterocycles. The van der Waals surface area contributed by atoms with E-state index in [-0.39, 0.29) is 0 Å². The minimum Gasteiger partial charge on any atom is -0.389 e. The smallest absolute Gasteiger partial charge is 0.0827 e. The van der Waals surface area contributed by atoms with Crippen molar-refractivity contribution in [1.29, 1.82) is 0 Å². The van der Waals surface area contributed by atoms with Gasteiger partial charge in [0, 0.05) is 34.8 Å². The van der Waals surface area contributed by atoms with Crippen molar-refractivity contribution < 1.29 is 5.11 Å². The third-order valence-corrected chi connectivity index (χ3v) is 3.35. The summed E-state index contributed by atoms with van der Waals surface area (Å²) >= 11 is 0. The molecule has 5 nitrogen and oxygen atoms in total. The van der Waals surface area contributed by atoms with E-state index in [4.69, 9.17) is 0 Å². The monoisotopic (exact) mass is 280 g/mol. The average Bonchev–Trinajstić information content (AvgIpc) is 3.01. The molecule has 106 valence electrons. The Morgan fingerprint density at radius 2 is 2.05 bits per heavy atom. The molecule has 0 aromatic carbocycles. The highest BCUT2D eigenvalue weighted by Gasteiger charge is 2.16. The van der Waals surface area contributed by atoms with Crippen molar-refractivity contribution in [3.63, 3.8) is 0 Å². The molecule has 0 aliphatic carbocycles. The fraction of sp³-hybridized carbons (Fsp3) is 0.188. The Morgan fingerprint density at radius 3 is 2.76 bits per heavy atom. The third kappa shape index (κ3) is 2.55. The predicted molar refractivity (Wildman–Crippen MR) is 80.4 cm³/mol. The Balaban J connectivity index is 2.24. The Morgan fingerprint density at radius 1 is 1.19 bits per heavy atom. The summed E-state index contributed by atoms with van der Waals surface area (Å²) in [5.41, 5.74) is 5.03. The Hall–Kier alpha value is -2.53. The molecule has 0 saturated carbocycles. The molecule has 0 fully saturated rings. The van der Waals surface area contributed by atoms with Gasteiger partial charge in [0.15, 0.2) is 0 Å². The number of hydrogen-bond donors (Lipinski definition) is 2. The maximum absolute atomic E-state index is 10.00. The number of H-pyrrole nitrogens is 1. The SMILES string of the molecule is Cc1ccc(C(C)O)c(-c2cccnc2-c2cn[nH]c2)n1. The van der Waals surface area contributed by atoms with E-state index in [1.165, 1.54) is 0 Å². The van der Waals surface area contributed by atoms with Crippen LogP contribution in [-0.2, 0) is 0 Å². The molecule has 5 heteroatoms. The molecule has 0 aliphatic rings. The average molecular weight is 280 g/mol. The lowest BCUT2D eigenvalue weighted by Gasteiger charge is -2.14. The quantitative estimate of drug-likeness (QED) is 0.773. The summed E-state index contributed by atoms with van der Waals surface area (Å²) < 4.78 is 0. The van der Waals surface area contributed by atoms with Crippen LogP contribution in [0.3, 0.4) is 0 Å². The second-order valence-corrected chi connectivity index (χ2v) is 4.95. The topological polar surface area (TPSA) is 74.7 Å². The van der Waals surface area contributed by atoms with E-state index in [1.807, 2.05) is 31.2 Å². The fourth-order valence-electron chi connectivity index (χ4n) is 2.33. The molecule has 21 heavy (non-hydrogen) atoms. The van der Waals surface area contributed by atoms with Gasteiger partial charge < -0.3 is 5.11 Å². The first kappa shape index (κ1) is 13.5. The molecule has 1 atom stereocenters. The van der Waals surface area contributed by atoms with Crippen molar-refractivity contribution in [3.8, 4) is 22.5 Å². The van der Waals surface area contributed by atoms with E-state index < -0.39 is 6.10 Å². The summed E-state index contributed by atoms with van der Waals surface area (Å²) in [7, 11) is 0. The molecule has 0 spiro atoms. The second-order valence-electron chi connectivity index (χ2n) is 4.95. The maximum atomic E-state index is 10.00. The zero-order valence-electron chi connectivity index (χ0n) is 11.9. The molecular formula is C16H16N4O. The Kier molecular flexibility index (Phi) is 3.50. The van der Waals surface area contributed by atoms with Crippen molar-refractivity contribution in [3.05, 3.63) is 54.1 Å². The molecule has 1 unspecified atom stereocenters. The molecule has 3 rings (SSSR count). The first-order valence-corrected chi connectivity index (χ1v) is 6.77. The molecule has 0 radical (unpaired) electrons. The van der Waals surface area contributed by atoms with Gasteiger partial charge in [-0.2, -0.15) is 5.10 Å². The van der Waals surface area contributed by atoms with Crippen LogP contribution in [0.4, 0.5) is 0 Å². The highest BCUT2D eigenvalue weighted by molar-refractivity contribution is 5.79. The Labute approximate surface area is 122 Å². The summed E-state index contributed by atoms with van der Waals surface area (Å²) in [6.45, 7) is 3.67. The Bertz CT molecular complexity index is 751. The molecule has 0 bridgehead atoms. The largest absolute Gasteiger partial charge is 0.389 e. The number of nitrogens with one attached hydrogen (secondary N) is 1. The van der Waals surface area contributed by atoms with Gasteiger partial charge in [0.1, 0.15) is 0 Å². The summed E-state index contributed by atoms with van der Waals surface area (Å²) in [4.78, 5) is 9.05. The second kappa shape index (κ2) is 5.46. The van der Waals surface area contributed by atoms with Gasteiger partial charge in [-0.3, -0.25) is 15.1 Å². The van der Waals surface area contributed by atoms with E-state index >= 15 is 0 Å². The highest BCUT2D eigenvalue weighted by atomic mass is 16.3. The van der Waals surface area contributed by atoms with Crippen molar-refractivity contribution in [1.82, 2.24) is 20.2 Å². The van der Waals surface area contributed by atoms with Gasteiger partial charge in [-0.05, 0) is 32.0 Å². The van der Waals surface area contributed by atoms with E-state index in [1.54, 1.807) is 25.5 Å². The van der Waals surface area contributed by atoms with Gasteiger partial charge in [-0.1, -0.05) is 6.07 Å². The number of aromatic nitrogens is 4. The molecule has 0 amide bonds.